The lowest BCUT2D eigenvalue weighted by Crippen LogP contribution is -2.34. The van der Waals surface area contributed by atoms with Crippen LogP contribution in [0.25, 0.3) is 0 Å². The minimum absolute atomic E-state index is 0.307. The van der Waals surface area contributed by atoms with Gasteiger partial charge in [-0.2, -0.15) is 0 Å². The van der Waals surface area contributed by atoms with Crippen molar-refractivity contribution in [2.24, 2.45) is 0 Å². The number of rotatable bonds is 0. The van der Waals surface area contributed by atoms with Crippen molar-refractivity contribution in [3.63, 3.8) is 0 Å². The number of hydrogen-bond donors (Lipinski definition) is 0. The highest BCUT2D eigenvalue weighted by Gasteiger charge is 2.33. The molecule has 0 aliphatic carbocycles. The minimum Gasteiger partial charge on any atom is -0.346 e. The number of ether oxygens (including phenoxy) is 2. The van der Waals surface area contributed by atoms with Gasteiger partial charge in [-0.1, -0.05) is 6.08 Å². The molecule has 0 aromatic carbocycles. The molecule has 0 bridgehead atoms. The van der Waals surface area contributed by atoms with E-state index in [1.165, 1.54) is 12.8 Å². The Hall–Kier alpha value is -0.340. The second-order valence-electron chi connectivity index (χ2n) is 2.83. The molecule has 1 unspecified atom stereocenters. The molecule has 2 aliphatic heterocycles. The highest BCUT2D eigenvalue weighted by Crippen LogP contribution is 2.30. The molecule has 2 heterocycles. The Kier molecular flexibility index (Phi) is 1.51. The summed E-state index contributed by atoms with van der Waals surface area (Å²) < 4.78 is 11.0. The number of hydrogen-bond acceptors (Lipinski definition) is 2. The lowest BCUT2D eigenvalue weighted by molar-refractivity contribution is -0.207. The van der Waals surface area contributed by atoms with Crippen molar-refractivity contribution < 1.29 is 9.47 Å². The summed E-state index contributed by atoms with van der Waals surface area (Å²) >= 11 is 0. The predicted molar refractivity (Wildman–Crippen MR) is 37.6 cm³/mol. The Labute approximate surface area is 60.8 Å². The molecule has 10 heavy (non-hydrogen) atoms. The molecule has 2 rings (SSSR count). The SMILES string of the molecule is C1=CC2(CCCCO2)OC1. The monoisotopic (exact) mass is 140 g/mol. The summed E-state index contributed by atoms with van der Waals surface area (Å²) in [5, 5.41) is 0. The van der Waals surface area contributed by atoms with E-state index in [0.29, 0.717) is 0 Å². The van der Waals surface area contributed by atoms with Gasteiger partial charge in [0.05, 0.1) is 13.2 Å². The topological polar surface area (TPSA) is 18.5 Å². The van der Waals surface area contributed by atoms with E-state index in [4.69, 9.17) is 9.47 Å². The molecule has 0 aromatic heterocycles. The third-order valence-corrected chi connectivity index (χ3v) is 2.06. The minimum atomic E-state index is -0.307. The fourth-order valence-electron chi connectivity index (χ4n) is 1.50. The maximum atomic E-state index is 5.52. The van der Waals surface area contributed by atoms with Gasteiger partial charge >= 0.3 is 0 Å². The highest BCUT2D eigenvalue weighted by molar-refractivity contribution is 5.03. The summed E-state index contributed by atoms with van der Waals surface area (Å²) in [4.78, 5) is 0. The van der Waals surface area contributed by atoms with Crippen LogP contribution in [0.1, 0.15) is 19.3 Å². The van der Waals surface area contributed by atoms with Gasteiger partial charge in [-0.25, -0.2) is 0 Å². The lowest BCUT2D eigenvalue weighted by Gasteiger charge is -2.31. The van der Waals surface area contributed by atoms with Gasteiger partial charge in [-0.05, 0) is 18.9 Å². The zero-order valence-corrected chi connectivity index (χ0v) is 6.01. The van der Waals surface area contributed by atoms with Crippen molar-refractivity contribution in [2.45, 2.75) is 25.0 Å². The molecule has 0 aromatic rings. The molecule has 1 atom stereocenters. The first kappa shape index (κ1) is 6.38. The van der Waals surface area contributed by atoms with Crippen LogP contribution >= 0.6 is 0 Å². The maximum absolute atomic E-state index is 5.52. The zero-order chi connectivity index (χ0) is 6.86. The van der Waals surface area contributed by atoms with E-state index in [1.807, 2.05) is 12.2 Å². The average Bonchev–Trinajstić information content (AvgIpc) is 2.39. The maximum Gasteiger partial charge on any atom is 0.188 e. The Morgan fingerprint density at radius 1 is 1.20 bits per heavy atom. The van der Waals surface area contributed by atoms with Gasteiger partial charge in [0.15, 0.2) is 5.79 Å². The van der Waals surface area contributed by atoms with Gasteiger partial charge < -0.3 is 9.47 Å². The Morgan fingerprint density at radius 2 is 2.20 bits per heavy atom. The van der Waals surface area contributed by atoms with E-state index in [9.17, 15) is 0 Å². The summed E-state index contributed by atoms with van der Waals surface area (Å²) in [5.41, 5.74) is 0. The van der Waals surface area contributed by atoms with E-state index in [0.717, 1.165) is 19.6 Å². The third kappa shape index (κ3) is 0.976. The van der Waals surface area contributed by atoms with Crippen molar-refractivity contribution in [3.8, 4) is 0 Å². The van der Waals surface area contributed by atoms with Crippen LogP contribution in [0.4, 0.5) is 0 Å². The van der Waals surface area contributed by atoms with E-state index < -0.39 is 0 Å². The molecular formula is C8H12O2. The van der Waals surface area contributed by atoms with Gasteiger partial charge in [0.25, 0.3) is 0 Å². The van der Waals surface area contributed by atoms with Gasteiger partial charge in [-0.15, -0.1) is 0 Å². The molecule has 0 amide bonds. The van der Waals surface area contributed by atoms with E-state index >= 15 is 0 Å². The first-order valence-electron chi connectivity index (χ1n) is 3.87. The van der Waals surface area contributed by atoms with Crippen LogP contribution in [0.5, 0.6) is 0 Å². The quantitative estimate of drug-likeness (QED) is 0.474. The second kappa shape index (κ2) is 2.36. The second-order valence-corrected chi connectivity index (χ2v) is 2.83. The van der Waals surface area contributed by atoms with Crippen LogP contribution in [0.2, 0.25) is 0 Å². The van der Waals surface area contributed by atoms with Gasteiger partial charge in [0.2, 0.25) is 0 Å². The van der Waals surface area contributed by atoms with Crippen LogP contribution in [-0.2, 0) is 9.47 Å². The third-order valence-electron chi connectivity index (χ3n) is 2.06. The molecule has 1 spiro atoms. The van der Waals surface area contributed by atoms with Crippen LogP contribution in [0, 0.1) is 0 Å². The Morgan fingerprint density at radius 3 is 2.80 bits per heavy atom. The van der Waals surface area contributed by atoms with Crippen LogP contribution in [0.3, 0.4) is 0 Å². The molecule has 1 fully saturated rings. The van der Waals surface area contributed by atoms with Crippen molar-refractivity contribution in [3.05, 3.63) is 12.2 Å². The first-order valence-corrected chi connectivity index (χ1v) is 3.87. The van der Waals surface area contributed by atoms with E-state index in [-0.39, 0.29) is 5.79 Å². The lowest BCUT2D eigenvalue weighted by atomic mass is 10.1. The smallest absolute Gasteiger partial charge is 0.188 e. The summed E-state index contributed by atoms with van der Waals surface area (Å²) in [6, 6.07) is 0. The average molecular weight is 140 g/mol. The fraction of sp³-hybridized carbons (Fsp3) is 0.750. The zero-order valence-electron chi connectivity index (χ0n) is 6.01. The summed E-state index contributed by atoms with van der Waals surface area (Å²) in [5.74, 6) is -0.307. The van der Waals surface area contributed by atoms with E-state index in [2.05, 4.69) is 0 Å². The summed E-state index contributed by atoms with van der Waals surface area (Å²) in [7, 11) is 0. The van der Waals surface area contributed by atoms with Crippen molar-refractivity contribution in [1.29, 1.82) is 0 Å². The largest absolute Gasteiger partial charge is 0.346 e. The standard InChI is InChI=1S/C8H12O2/c1-2-6-9-8(4-1)5-3-7-10-8/h3,5H,1-2,4,6-7H2. The van der Waals surface area contributed by atoms with Gasteiger partial charge in [-0.3, -0.25) is 0 Å². The van der Waals surface area contributed by atoms with Gasteiger partial charge in [0, 0.05) is 6.42 Å². The van der Waals surface area contributed by atoms with Crippen LogP contribution < -0.4 is 0 Å². The molecule has 2 heteroatoms. The van der Waals surface area contributed by atoms with Crippen molar-refractivity contribution in [1.82, 2.24) is 0 Å². The van der Waals surface area contributed by atoms with Gasteiger partial charge in [0.1, 0.15) is 0 Å². The molecule has 2 aliphatic rings. The molecule has 1 saturated heterocycles. The predicted octanol–water partition coefficient (Wildman–Crippen LogP) is 1.47. The van der Waals surface area contributed by atoms with E-state index in [1.54, 1.807) is 0 Å². The normalized spacial score (nSPS) is 39.2. The van der Waals surface area contributed by atoms with Crippen molar-refractivity contribution >= 4 is 0 Å². The van der Waals surface area contributed by atoms with Crippen molar-refractivity contribution in [2.75, 3.05) is 13.2 Å². The van der Waals surface area contributed by atoms with Crippen LogP contribution in [-0.4, -0.2) is 19.0 Å². The van der Waals surface area contributed by atoms with Crippen LogP contribution in [0.15, 0.2) is 12.2 Å². The molecule has 0 N–H and O–H groups in total. The molecular weight excluding hydrogens is 128 g/mol. The molecule has 0 radical (unpaired) electrons. The Bertz CT molecular complexity index is 145. The summed E-state index contributed by atoms with van der Waals surface area (Å²) in [6.45, 7) is 1.57. The molecule has 56 valence electrons. The molecule has 2 nitrogen and oxygen atoms in total. The Balaban J connectivity index is 2.05. The summed E-state index contributed by atoms with van der Waals surface area (Å²) in [6.07, 6.45) is 7.52. The molecule has 0 saturated carbocycles. The first-order chi connectivity index (χ1) is 4.91. The fourth-order valence-corrected chi connectivity index (χ4v) is 1.50. The highest BCUT2D eigenvalue weighted by atomic mass is 16.7.